The molecule has 0 radical (unpaired) electrons. The molecule has 178 valence electrons. The zero-order valence-corrected chi connectivity index (χ0v) is 21.0. The van der Waals surface area contributed by atoms with Crippen LogP contribution >= 0.6 is 0 Å². The number of carbonyl (C=O) groups excluding carboxylic acids is 2. The monoisotopic (exact) mass is 441 g/mol. The minimum Gasteiger partial charge on any atom is -0.345 e. The topological polar surface area (TPSA) is 52.7 Å². The van der Waals surface area contributed by atoms with Crippen molar-refractivity contribution in [2.45, 2.75) is 91.1 Å². The summed E-state index contributed by atoms with van der Waals surface area (Å²) in [6, 6.07) is 8.39. The molecule has 1 fully saturated rings. The highest BCUT2D eigenvalue weighted by Gasteiger charge is 2.43. The molecule has 1 saturated heterocycles. The minimum absolute atomic E-state index is 0.00968. The van der Waals surface area contributed by atoms with Crippen LogP contribution in [0.15, 0.2) is 24.3 Å². The van der Waals surface area contributed by atoms with Crippen molar-refractivity contribution in [2.24, 2.45) is 5.41 Å². The van der Waals surface area contributed by atoms with Gasteiger partial charge in [-0.05, 0) is 87.5 Å². The second-order valence-electron chi connectivity index (χ2n) is 11.1. The fraction of sp³-hybridized carbons (Fsp3) is 0.704. The number of hydrogen-bond acceptors (Lipinski definition) is 3. The minimum atomic E-state index is -0.499. The lowest BCUT2D eigenvalue weighted by molar-refractivity contribution is -0.138. The summed E-state index contributed by atoms with van der Waals surface area (Å²) in [5.74, 6) is -0.154. The number of hydrogen-bond donors (Lipinski definition) is 1. The van der Waals surface area contributed by atoms with E-state index in [-0.39, 0.29) is 23.3 Å². The molecular weight excluding hydrogens is 398 g/mol. The Labute approximate surface area is 194 Å². The zero-order chi connectivity index (χ0) is 23.5. The molecule has 1 aliphatic heterocycles. The van der Waals surface area contributed by atoms with Gasteiger partial charge >= 0.3 is 0 Å². The molecule has 0 aromatic heterocycles. The van der Waals surface area contributed by atoms with Gasteiger partial charge in [-0.15, -0.1) is 0 Å². The number of carbonyl (C=O) groups is 2. The van der Waals surface area contributed by atoms with E-state index in [1.54, 1.807) is 6.92 Å². The van der Waals surface area contributed by atoms with Crippen molar-refractivity contribution in [1.82, 2.24) is 15.1 Å². The van der Waals surface area contributed by atoms with Crippen molar-refractivity contribution in [3.8, 4) is 0 Å². The van der Waals surface area contributed by atoms with E-state index in [0.29, 0.717) is 12.0 Å². The SMILES string of the molecule is CCN(C(=O)C(C)NC(C)=O)[C@H]1CCC2(CCN(CCC(C)(C)C)CC2)c2ccccc21. The van der Waals surface area contributed by atoms with E-state index in [1.807, 2.05) is 11.8 Å². The lowest BCUT2D eigenvalue weighted by Crippen LogP contribution is -2.50. The maximum Gasteiger partial charge on any atom is 0.245 e. The van der Waals surface area contributed by atoms with Gasteiger partial charge in [0.15, 0.2) is 0 Å². The number of likely N-dealkylation sites (N-methyl/N-ethyl adjacent to an activating group) is 1. The van der Waals surface area contributed by atoms with E-state index < -0.39 is 6.04 Å². The number of fused-ring (bicyclic) bond motifs is 2. The molecule has 1 aromatic rings. The largest absolute Gasteiger partial charge is 0.345 e. The van der Waals surface area contributed by atoms with E-state index in [0.717, 1.165) is 25.9 Å². The Hall–Kier alpha value is -1.88. The Morgan fingerprint density at radius 1 is 1.19 bits per heavy atom. The fourth-order valence-electron chi connectivity index (χ4n) is 5.66. The molecule has 2 atom stereocenters. The highest BCUT2D eigenvalue weighted by Crippen LogP contribution is 2.49. The zero-order valence-electron chi connectivity index (χ0n) is 21.0. The number of nitrogens with zero attached hydrogens (tertiary/aromatic N) is 2. The summed E-state index contributed by atoms with van der Waals surface area (Å²) in [6.07, 6.45) is 5.75. The number of benzene rings is 1. The van der Waals surface area contributed by atoms with E-state index in [2.05, 4.69) is 55.3 Å². The Morgan fingerprint density at radius 3 is 2.44 bits per heavy atom. The molecule has 5 heteroatoms. The van der Waals surface area contributed by atoms with Gasteiger partial charge in [-0.2, -0.15) is 0 Å². The van der Waals surface area contributed by atoms with Crippen LogP contribution in [0.1, 0.15) is 90.8 Å². The lowest BCUT2D eigenvalue weighted by atomic mass is 9.63. The predicted octanol–water partition coefficient (Wildman–Crippen LogP) is 4.66. The van der Waals surface area contributed by atoms with Crippen LogP contribution in [0.2, 0.25) is 0 Å². The van der Waals surface area contributed by atoms with Crippen molar-refractivity contribution in [2.75, 3.05) is 26.2 Å². The van der Waals surface area contributed by atoms with Gasteiger partial charge in [0.2, 0.25) is 11.8 Å². The Bertz CT molecular complexity index is 805. The maximum atomic E-state index is 13.2. The van der Waals surface area contributed by atoms with E-state index >= 15 is 0 Å². The number of piperidine rings is 1. The van der Waals surface area contributed by atoms with E-state index in [9.17, 15) is 9.59 Å². The molecule has 1 N–H and O–H groups in total. The van der Waals surface area contributed by atoms with Crippen LogP contribution in [0.3, 0.4) is 0 Å². The molecule has 0 saturated carbocycles. The van der Waals surface area contributed by atoms with Crippen molar-refractivity contribution < 1.29 is 9.59 Å². The molecule has 5 nitrogen and oxygen atoms in total. The van der Waals surface area contributed by atoms with Crippen molar-refractivity contribution in [3.05, 3.63) is 35.4 Å². The summed E-state index contributed by atoms with van der Waals surface area (Å²) < 4.78 is 0. The molecule has 1 aliphatic carbocycles. The van der Waals surface area contributed by atoms with E-state index in [4.69, 9.17) is 0 Å². The highest BCUT2D eigenvalue weighted by atomic mass is 16.2. The number of rotatable bonds is 6. The van der Waals surface area contributed by atoms with Crippen LogP contribution in [0, 0.1) is 5.41 Å². The average Bonchev–Trinajstić information content (AvgIpc) is 2.74. The van der Waals surface area contributed by atoms with Crippen LogP contribution < -0.4 is 5.32 Å². The quantitative estimate of drug-likeness (QED) is 0.698. The highest BCUT2D eigenvalue weighted by molar-refractivity contribution is 5.86. The summed E-state index contributed by atoms with van der Waals surface area (Å²) >= 11 is 0. The smallest absolute Gasteiger partial charge is 0.245 e. The van der Waals surface area contributed by atoms with Gasteiger partial charge in [0, 0.05) is 13.5 Å². The summed E-state index contributed by atoms with van der Waals surface area (Å²) in [7, 11) is 0. The first-order valence-electron chi connectivity index (χ1n) is 12.5. The lowest BCUT2D eigenvalue weighted by Gasteiger charge is -2.49. The summed E-state index contributed by atoms with van der Waals surface area (Å²) in [6.45, 7) is 16.4. The van der Waals surface area contributed by atoms with Gasteiger partial charge in [0.1, 0.15) is 6.04 Å². The van der Waals surface area contributed by atoms with Gasteiger partial charge < -0.3 is 15.1 Å². The maximum absolute atomic E-state index is 13.2. The van der Waals surface area contributed by atoms with Gasteiger partial charge in [-0.25, -0.2) is 0 Å². The van der Waals surface area contributed by atoms with Gasteiger partial charge in [-0.1, -0.05) is 45.0 Å². The number of amides is 2. The Balaban J connectivity index is 1.78. The second-order valence-corrected chi connectivity index (χ2v) is 11.1. The summed E-state index contributed by atoms with van der Waals surface area (Å²) in [5, 5.41) is 2.77. The molecule has 0 bridgehead atoms. The third kappa shape index (κ3) is 5.54. The first-order valence-corrected chi connectivity index (χ1v) is 12.5. The second kappa shape index (κ2) is 9.94. The Morgan fingerprint density at radius 2 is 1.84 bits per heavy atom. The third-order valence-electron chi connectivity index (χ3n) is 7.57. The molecular formula is C27H43N3O2. The molecule has 1 heterocycles. The van der Waals surface area contributed by atoms with Crippen LogP contribution in [0.25, 0.3) is 0 Å². The molecule has 2 aliphatic rings. The molecule has 2 amide bonds. The normalized spacial score (nSPS) is 21.6. The number of likely N-dealkylation sites (tertiary alicyclic amines) is 1. The first kappa shape index (κ1) is 24.8. The van der Waals surface area contributed by atoms with E-state index in [1.165, 1.54) is 43.9 Å². The van der Waals surface area contributed by atoms with Gasteiger partial charge in [0.05, 0.1) is 6.04 Å². The van der Waals surface area contributed by atoms with Crippen molar-refractivity contribution in [3.63, 3.8) is 0 Å². The molecule has 32 heavy (non-hydrogen) atoms. The van der Waals surface area contributed by atoms with Crippen LogP contribution in [0.5, 0.6) is 0 Å². The third-order valence-corrected chi connectivity index (χ3v) is 7.57. The van der Waals surface area contributed by atoms with Crippen molar-refractivity contribution in [1.29, 1.82) is 0 Å². The first-order chi connectivity index (χ1) is 15.1. The predicted molar refractivity (Wildman–Crippen MR) is 131 cm³/mol. The average molecular weight is 442 g/mol. The standard InChI is InChI=1S/C27H43N3O2/c1-7-30(25(32)20(2)28-21(3)31)24-12-13-27(23-11-9-8-10-22(23)24)15-18-29(19-16-27)17-14-26(4,5)6/h8-11,20,24H,7,12-19H2,1-6H3,(H,28,31)/t20?,24-/m0/s1. The van der Waals surface area contributed by atoms with Crippen molar-refractivity contribution >= 4 is 11.8 Å². The van der Waals surface area contributed by atoms with Gasteiger partial charge in [-0.3, -0.25) is 9.59 Å². The molecule has 1 aromatic carbocycles. The summed E-state index contributed by atoms with van der Waals surface area (Å²) in [5.41, 5.74) is 3.37. The van der Waals surface area contributed by atoms with Crippen LogP contribution in [-0.4, -0.2) is 53.8 Å². The van der Waals surface area contributed by atoms with Crippen LogP contribution in [-0.2, 0) is 15.0 Å². The van der Waals surface area contributed by atoms with Gasteiger partial charge in [0.25, 0.3) is 0 Å². The van der Waals surface area contributed by atoms with Crippen LogP contribution in [0.4, 0.5) is 0 Å². The molecule has 1 spiro atoms. The molecule has 3 rings (SSSR count). The fourth-order valence-corrected chi connectivity index (χ4v) is 5.66. The Kier molecular flexibility index (Phi) is 7.69. The molecule has 1 unspecified atom stereocenters. The summed E-state index contributed by atoms with van der Waals surface area (Å²) in [4.78, 5) is 29.3. The number of nitrogens with one attached hydrogen (secondary N) is 1.